The molecule has 4 fully saturated rings. The summed E-state index contributed by atoms with van der Waals surface area (Å²) >= 11 is 0. The van der Waals surface area contributed by atoms with E-state index in [9.17, 15) is 14.4 Å². The monoisotopic (exact) mass is 333 g/mol. The molecule has 6 heteroatoms. The minimum atomic E-state index is -0.812. The minimum Gasteiger partial charge on any atom is -0.352 e. The fourth-order valence-corrected chi connectivity index (χ4v) is 5.25. The molecule has 0 aromatic carbocycles. The van der Waals surface area contributed by atoms with Gasteiger partial charge in [0.1, 0.15) is 12.1 Å². The molecule has 0 unspecified atom stereocenters. The van der Waals surface area contributed by atoms with Gasteiger partial charge in [-0.3, -0.25) is 14.5 Å². The van der Waals surface area contributed by atoms with Crippen LogP contribution in [0.3, 0.4) is 0 Å². The third kappa shape index (κ3) is 2.50. The van der Waals surface area contributed by atoms with Crippen molar-refractivity contribution in [2.75, 3.05) is 6.54 Å². The van der Waals surface area contributed by atoms with E-state index in [2.05, 4.69) is 17.6 Å². The first kappa shape index (κ1) is 15.9. The number of hydrogen-bond acceptors (Lipinski definition) is 3. The van der Waals surface area contributed by atoms with Gasteiger partial charge in [0.05, 0.1) is 0 Å². The Labute approximate surface area is 142 Å². The Bertz CT molecular complexity index is 588. The average Bonchev–Trinajstić information content (AvgIpc) is 3.13. The van der Waals surface area contributed by atoms with Crippen molar-refractivity contribution >= 4 is 17.8 Å². The molecule has 24 heavy (non-hydrogen) atoms. The Morgan fingerprint density at radius 2 is 2.04 bits per heavy atom. The van der Waals surface area contributed by atoms with Gasteiger partial charge in [-0.2, -0.15) is 0 Å². The van der Waals surface area contributed by atoms with E-state index in [4.69, 9.17) is 0 Å². The third-order valence-electron chi connectivity index (χ3n) is 6.82. The topological polar surface area (TPSA) is 78.5 Å². The van der Waals surface area contributed by atoms with Gasteiger partial charge < -0.3 is 10.6 Å². The molecule has 2 bridgehead atoms. The SMILES string of the molecule is C[C@H](NC(=O)CN1C(=O)N[C@@](C)(C2CC2)C1=O)[C@H]1C[C@H]2CC[C@H]1C2. The van der Waals surface area contributed by atoms with Gasteiger partial charge >= 0.3 is 6.03 Å². The standard InChI is InChI=1S/C18H27N3O3/c1-10(14-8-11-3-4-12(14)7-11)19-15(22)9-21-16(23)18(2,13-5-6-13)20-17(21)24/h10-14H,3-9H2,1-2H3,(H,19,22)(H,20,24)/t10-,11-,12-,14+,18-/m0/s1. The number of nitrogens with zero attached hydrogens (tertiary/aromatic N) is 1. The Hall–Kier alpha value is -1.59. The first-order chi connectivity index (χ1) is 11.4. The van der Waals surface area contributed by atoms with Crippen molar-refractivity contribution in [3.8, 4) is 0 Å². The molecule has 2 N–H and O–H groups in total. The zero-order chi connectivity index (χ0) is 17.1. The number of carbonyl (C=O) groups excluding carboxylic acids is 3. The van der Waals surface area contributed by atoms with Crippen molar-refractivity contribution in [3.05, 3.63) is 0 Å². The summed E-state index contributed by atoms with van der Waals surface area (Å²) in [5.74, 6) is 1.86. The second-order valence-corrected chi connectivity index (χ2v) is 8.49. The molecule has 4 rings (SSSR count). The third-order valence-corrected chi connectivity index (χ3v) is 6.82. The van der Waals surface area contributed by atoms with Crippen molar-refractivity contribution in [2.45, 2.75) is 64.0 Å². The molecule has 0 aromatic rings. The average molecular weight is 333 g/mol. The van der Waals surface area contributed by atoms with Gasteiger partial charge in [0.15, 0.2) is 0 Å². The molecule has 4 aliphatic rings. The predicted octanol–water partition coefficient (Wildman–Crippen LogP) is 1.65. The van der Waals surface area contributed by atoms with Gasteiger partial charge in [0.25, 0.3) is 5.91 Å². The maximum atomic E-state index is 12.6. The maximum Gasteiger partial charge on any atom is 0.325 e. The summed E-state index contributed by atoms with van der Waals surface area (Å²) in [7, 11) is 0. The Balaban J connectivity index is 1.34. The molecular formula is C18H27N3O3. The fraction of sp³-hybridized carbons (Fsp3) is 0.833. The molecular weight excluding hydrogens is 306 g/mol. The largest absolute Gasteiger partial charge is 0.352 e. The van der Waals surface area contributed by atoms with E-state index in [0.717, 1.165) is 29.6 Å². The van der Waals surface area contributed by atoms with Crippen molar-refractivity contribution in [1.82, 2.24) is 15.5 Å². The normalized spacial score (nSPS) is 39.2. The lowest BCUT2D eigenvalue weighted by molar-refractivity contribution is -0.135. The molecule has 3 saturated carbocycles. The molecule has 1 saturated heterocycles. The second-order valence-electron chi connectivity index (χ2n) is 8.49. The summed E-state index contributed by atoms with van der Waals surface area (Å²) in [4.78, 5) is 38.2. The van der Waals surface area contributed by atoms with Crippen molar-refractivity contribution < 1.29 is 14.4 Å². The lowest BCUT2D eigenvalue weighted by Gasteiger charge is -2.29. The zero-order valence-electron chi connectivity index (χ0n) is 14.5. The fourth-order valence-electron chi connectivity index (χ4n) is 5.25. The van der Waals surface area contributed by atoms with Crippen LogP contribution in [0.2, 0.25) is 0 Å². The van der Waals surface area contributed by atoms with Crippen LogP contribution in [-0.2, 0) is 9.59 Å². The molecule has 0 aromatic heterocycles. The lowest BCUT2D eigenvalue weighted by Crippen LogP contribution is -2.48. The van der Waals surface area contributed by atoms with Crippen LogP contribution in [0.25, 0.3) is 0 Å². The second kappa shape index (κ2) is 5.46. The number of imide groups is 1. The van der Waals surface area contributed by atoms with E-state index < -0.39 is 11.6 Å². The summed E-state index contributed by atoms with van der Waals surface area (Å²) in [6.45, 7) is 3.67. The molecule has 4 amide bonds. The molecule has 0 spiro atoms. The molecule has 3 aliphatic carbocycles. The molecule has 0 radical (unpaired) electrons. The summed E-state index contributed by atoms with van der Waals surface area (Å²) < 4.78 is 0. The maximum absolute atomic E-state index is 12.6. The summed E-state index contributed by atoms with van der Waals surface area (Å²) in [5.41, 5.74) is -0.812. The van der Waals surface area contributed by atoms with Crippen molar-refractivity contribution in [2.24, 2.45) is 23.7 Å². The smallest absolute Gasteiger partial charge is 0.325 e. The van der Waals surface area contributed by atoms with Crippen LogP contribution >= 0.6 is 0 Å². The van der Waals surface area contributed by atoms with E-state index in [-0.39, 0.29) is 30.3 Å². The van der Waals surface area contributed by atoms with Gasteiger partial charge in [0, 0.05) is 6.04 Å². The molecule has 5 atom stereocenters. The Morgan fingerprint density at radius 1 is 1.29 bits per heavy atom. The molecule has 6 nitrogen and oxygen atoms in total. The summed E-state index contributed by atoms with van der Waals surface area (Å²) in [6.07, 6.45) is 7.05. The highest BCUT2D eigenvalue weighted by Gasteiger charge is 2.56. The number of carbonyl (C=O) groups is 3. The highest BCUT2D eigenvalue weighted by Crippen LogP contribution is 2.49. The van der Waals surface area contributed by atoms with Gasteiger partial charge in [-0.15, -0.1) is 0 Å². The number of hydrogen-bond donors (Lipinski definition) is 2. The van der Waals surface area contributed by atoms with E-state index in [1.807, 2.05) is 0 Å². The zero-order valence-corrected chi connectivity index (χ0v) is 14.5. The Morgan fingerprint density at radius 3 is 2.62 bits per heavy atom. The predicted molar refractivity (Wildman–Crippen MR) is 87.9 cm³/mol. The van der Waals surface area contributed by atoms with E-state index in [0.29, 0.717) is 5.92 Å². The molecule has 1 heterocycles. The highest BCUT2D eigenvalue weighted by atomic mass is 16.2. The Kier molecular flexibility index (Phi) is 3.62. The van der Waals surface area contributed by atoms with Gasteiger partial charge in [0.2, 0.25) is 5.91 Å². The van der Waals surface area contributed by atoms with Crippen LogP contribution in [-0.4, -0.2) is 40.9 Å². The van der Waals surface area contributed by atoms with Crippen LogP contribution in [0.15, 0.2) is 0 Å². The quantitative estimate of drug-likeness (QED) is 0.751. The van der Waals surface area contributed by atoms with Crippen molar-refractivity contribution in [3.63, 3.8) is 0 Å². The highest BCUT2D eigenvalue weighted by molar-refractivity contribution is 6.09. The van der Waals surface area contributed by atoms with E-state index in [1.165, 1.54) is 25.7 Å². The van der Waals surface area contributed by atoms with Crippen LogP contribution < -0.4 is 10.6 Å². The molecule has 132 valence electrons. The first-order valence-electron chi connectivity index (χ1n) is 9.32. The van der Waals surface area contributed by atoms with Gasteiger partial charge in [-0.05, 0) is 69.6 Å². The summed E-state index contributed by atoms with van der Waals surface area (Å²) in [6, 6.07) is -0.319. The number of nitrogens with one attached hydrogen (secondary N) is 2. The first-order valence-corrected chi connectivity index (χ1v) is 9.32. The lowest BCUT2D eigenvalue weighted by atomic mass is 9.84. The van der Waals surface area contributed by atoms with E-state index in [1.54, 1.807) is 6.92 Å². The minimum absolute atomic E-state index is 0.114. The number of urea groups is 1. The summed E-state index contributed by atoms with van der Waals surface area (Å²) in [5, 5.41) is 5.82. The van der Waals surface area contributed by atoms with E-state index >= 15 is 0 Å². The van der Waals surface area contributed by atoms with Crippen LogP contribution in [0.5, 0.6) is 0 Å². The van der Waals surface area contributed by atoms with Crippen LogP contribution in [0, 0.1) is 23.7 Å². The van der Waals surface area contributed by atoms with Crippen LogP contribution in [0.4, 0.5) is 4.79 Å². The van der Waals surface area contributed by atoms with Gasteiger partial charge in [-0.1, -0.05) is 6.42 Å². The van der Waals surface area contributed by atoms with Crippen molar-refractivity contribution in [1.29, 1.82) is 0 Å². The van der Waals surface area contributed by atoms with Gasteiger partial charge in [-0.25, -0.2) is 4.79 Å². The number of amides is 4. The number of fused-ring (bicyclic) bond motifs is 2. The molecule has 1 aliphatic heterocycles. The van der Waals surface area contributed by atoms with Crippen LogP contribution in [0.1, 0.15) is 52.4 Å². The number of rotatable bonds is 5.